The van der Waals surface area contributed by atoms with E-state index in [1.54, 1.807) is 0 Å². The van der Waals surface area contributed by atoms with Crippen molar-refractivity contribution in [3.05, 3.63) is 52.5 Å². The number of nitrogen functional groups attached to an aromatic ring is 1. The number of nitrogens with two attached hydrogens (primary N) is 1. The molecular formula is C17H20ClNO2. The van der Waals surface area contributed by atoms with Gasteiger partial charge in [0.15, 0.2) is 0 Å². The molecule has 0 unspecified atom stereocenters. The Bertz CT molecular complexity index is 590. The third-order valence-electron chi connectivity index (χ3n) is 3.09. The summed E-state index contributed by atoms with van der Waals surface area (Å²) in [6.45, 7) is 5.19. The van der Waals surface area contributed by atoms with Crippen molar-refractivity contribution in [2.24, 2.45) is 0 Å². The summed E-state index contributed by atoms with van der Waals surface area (Å²) in [6.07, 6.45) is 0.802. The third-order valence-corrected chi connectivity index (χ3v) is 3.31. The van der Waals surface area contributed by atoms with Gasteiger partial charge in [-0.1, -0.05) is 17.7 Å². The molecule has 2 N–H and O–H groups in total. The van der Waals surface area contributed by atoms with Crippen molar-refractivity contribution in [2.45, 2.75) is 20.3 Å². The smallest absolute Gasteiger partial charge is 0.125 e. The molecule has 0 radical (unpaired) electrons. The maximum atomic E-state index is 6.00. The first-order chi connectivity index (χ1) is 10.1. The predicted octanol–water partition coefficient (Wildman–Crippen LogP) is 4.39. The molecule has 0 aliphatic heterocycles. The van der Waals surface area contributed by atoms with Crippen LogP contribution in [0.1, 0.15) is 17.5 Å². The van der Waals surface area contributed by atoms with Crippen LogP contribution in [0.2, 0.25) is 5.02 Å². The van der Waals surface area contributed by atoms with Crippen molar-refractivity contribution in [1.82, 2.24) is 0 Å². The Kier molecular flexibility index (Phi) is 5.34. The minimum absolute atomic E-state index is 0.592. The van der Waals surface area contributed by atoms with Crippen LogP contribution in [0.3, 0.4) is 0 Å². The van der Waals surface area contributed by atoms with Crippen LogP contribution in [-0.2, 0) is 0 Å². The van der Waals surface area contributed by atoms with Gasteiger partial charge in [0.25, 0.3) is 0 Å². The van der Waals surface area contributed by atoms with Crippen molar-refractivity contribution in [3.8, 4) is 11.5 Å². The third kappa shape index (κ3) is 4.57. The van der Waals surface area contributed by atoms with E-state index in [0.717, 1.165) is 34.1 Å². The summed E-state index contributed by atoms with van der Waals surface area (Å²) in [7, 11) is 0. The number of rotatable bonds is 6. The van der Waals surface area contributed by atoms with Crippen molar-refractivity contribution in [2.75, 3.05) is 18.9 Å². The Morgan fingerprint density at radius 2 is 1.67 bits per heavy atom. The quantitative estimate of drug-likeness (QED) is 0.636. The lowest BCUT2D eigenvalue weighted by Gasteiger charge is -2.13. The Balaban J connectivity index is 1.78. The number of ether oxygens (including phenoxy) is 2. The van der Waals surface area contributed by atoms with E-state index in [-0.39, 0.29) is 0 Å². The molecule has 21 heavy (non-hydrogen) atoms. The Morgan fingerprint density at radius 1 is 1.00 bits per heavy atom. The van der Waals surface area contributed by atoms with Crippen LogP contribution in [0, 0.1) is 13.8 Å². The number of hydrogen-bond donors (Lipinski definition) is 1. The van der Waals surface area contributed by atoms with Crippen molar-refractivity contribution in [1.29, 1.82) is 0 Å². The predicted molar refractivity (Wildman–Crippen MR) is 87.4 cm³/mol. The van der Waals surface area contributed by atoms with E-state index in [1.807, 2.05) is 50.2 Å². The minimum Gasteiger partial charge on any atom is -0.493 e. The molecule has 2 aromatic carbocycles. The minimum atomic E-state index is 0.592. The molecule has 3 nitrogen and oxygen atoms in total. The highest BCUT2D eigenvalue weighted by Gasteiger charge is 2.05. The molecule has 0 spiro atoms. The van der Waals surface area contributed by atoms with Gasteiger partial charge in [-0.15, -0.1) is 0 Å². The van der Waals surface area contributed by atoms with Gasteiger partial charge >= 0.3 is 0 Å². The first kappa shape index (κ1) is 15.5. The van der Waals surface area contributed by atoms with Gasteiger partial charge in [-0.25, -0.2) is 0 Å². The van der Waals surface area contributed by atoms with Crippen molar-refractivity contribution in [3.63, 3.8) is 0 Å². The molecule has 0 saturated carbocycles. The highest BCUT2D eigenvalue weighted by atomic mass is 35.5. The molecule has 0 atom stereocenters. The van der Waals surface area contributed by atoms with Gasteiger partial charge in [0.2, 0.25) is 0 Å². The Labute approximate surface area is 130 Å². The standard InChI is InChI=1S/C17H20ClNO2/c1-12-9-14(18)10-13(2)17(12)21-8-4-7-20-16-6-3-5-15(19)11-16/h3,5-6,9-11H,4,7-8,19H2,1-2H3. The second-order valence-electron chi connectivity index (χ2n) is 4.99. The van der Waals surface area contributed by atoms with E-state index >= 15 is 0 Å². The largest absolute Gasteiger partial charge is 0.493 e. The van der Waals surface area contributed by atoms with Crippen LogP contribution in [0.15, 0.2) is 36.4 Å². The van der Waals surface area contributed by atoms with E-state index in [1.165, 1.54) is 0 Å². The lowest BCUT2D eigenvalue weighted by Crippen LogP contribution is -2.06. The lowest BCUT2D eigenvalue weighted by atomic mass is 10.1. The monoisotopic (exact) mass is 305 g/mol. The zero-order valence-corrected chi connectivity index (χ0v) is 13.1. The van der Waals surface area contributed by atoms with E-state index in [9.17, 15) is 0 Å². The highest BCUT2D eigenvalue weighted by Crippen LogP contribution is 2.27. The van der Waals surface area contributed by atoms with Gasteiger partial charge in [-0.3, -0.25) is 0 Å². The highest BCUT2D eigenvalue weighted by molar-refractivity contribution is 6.30. The summed E-state index contributed by atoms with van der Waals surface area (Å²) in [5, 5.41) is 0.738. The van der Waals surface area contributed by atoms with Gasteiger partial charge < -0.3 is 15.2 Å². The van der Waals surface area contributed by atoms with E-state index < -0.39 is 0 Å². The van der Waals surface area contributed by atoms with Crippen LogP contribution >= 0.6 is 11.6 Å². The molecule has 112 valence electrons. The summed E-state index contributed by atoms with van der Waals surface area (Å²) in [6, 6.07) is 11.2. The van der Waals surface area contributed by atoms with Gasteiger partial charge in [0, 0.05) is 23.2 Å². The van der Waals surface area contributed by atoms with Gasteiger partial charge in [0.05, 0.1) is 13.2 Å². The molecule has 0 bridgehead atoms. The lowest BCUT2D eigenvalue weighted by molar-refractivity contribution is 0.246. The first-order valence-corrected chi connectivity index (χ1v) is 7.32. The van der Waals surface area contributed by atoms with Gasteiger partial charge in [-0.2, -0.15) is 0 Å². The summed E-state index contributed by atoms with van der Waals surface area (Å²) in [5.74, 6) is 1.69. The number of halogens is 1. The number of aryl methyl sites for hydroxylation is 2. The molecule has 0 amide bonds. The fourth-order valence-electron chi connectivity index (χ4n) is 2.15. The zero-order valence-electron chi connectivity index (χ0n) is 12.4. The van der Waals surface area contributed by atoms with Crippen LogP contribution in [0.5, 0.6) is 11.5 Å². The van der Waals surface area contributed by atoms with Crippen LogP contribution in [0.25, 0.3) is 0 Å². The summed E-state index contributed by atoms with van der Waals surface area (Å²) < 4.78 is 11.4. The van der Waals surface area contributed by atoms with E-state index in [2.05, 4.69) is 0 Å². The second-order valence-corrected chi connectivity index (χ2v) is 5.43. The average molecular weight is 306 g/mol. The molecule has 0 saturated heterocycles. The summed E-state index contributed by atoms with van der Waals surface area (Å²) >= 11 is 6.00. The fourth-order valence-corrected chi connectivity index (χ4v) is 2.48. The molecule has 0 aromatic heterocycles. The van der Waals surface area contributed by atoms with Crippen LogP contribution in [-0.4, -0.2) is 13.2 Å². The SMILES string of the molecule is Cc1cc(Cl)cc(C)c1OCCCOc1cccc(N)c1. The maximum Gasteiger partial charge on any atom is 0.125 e. The summed E-state index contributed by atoms with van der Waals surface area (Å²) in [4.78, 5) is 0. The van der Waals surface area contributed by atoms with Crippen LogP contribution < -0.4 is 15.2 Å². The fraction of sp³-hybridized carbons (Fsp3) is 0.294. The normalized spacial score (nSPS) is 10.4. The molecule has 0 aliphatic rings. The molecule has 0 fully saturated rings. The molecule has 0 aliphatic carbocycles. The van der Waals surface area contributed by atoms with E-state index in [4.69, 9.17) is 26.8 Å². The topological polar surface area (TPSA) is 44.5 Å². The Hall–Kier alpha value is -1.87. The second kappa shape index (κ2) is 7.23. The molecule has 4 heteroatoms. The zero-order chi connectivity index (χ0) is 15.2. The molecule has 2 rings (SSSR count). The summed E-state index contributed by atoms with van der Waals surface area (Å²) in [5.41, 5.74) is 8.50. The number of anilines is 1. The van der Waals surface area contributed by atoms with Gasteiger partial charge in [0.1, 0.15) is 11.5 Å². The number of hydrogen-bond acceptors (Lipinski definition) is 3. The van der Waals surface area contributed by atoms with Crippen molar-refractivity contribution < 1.29 is 9.47 Å². The maximum absolute atomic E-state index is 6.00. The Morgan fingerprint density at radius 3 is 2.33 bits per heavy atom. The molecular weight excluding hydrogens is 286 g/mol. The first-order valence-electron chi connectivity index (χ1n) is 6.94. The van der Waals surface area contributed by atoms with Crippen LogP contribution in [0.4, 0.5) is 5.69 Å². The average Bonchev–Trinajstić information content (AvgIpc) is 2.41. The van der Waals surface area contributed by atoms with Crippen molar-refractivity contribution >= 4 is 17.3 Å². The number of benzene rings is 2. The molecule has 2 aromatic rings. The van der Waals surface area contributed by atoms with E-state index in [0.29, 0.717) is 18.9 Å². The van der Waals surface area contributed by atoms with Gasteiger partial charge in [-0.05, 0) is 49.2 Å². The molecule has 0 heterocycles.